The zero-order valence-electron chi connectivity index (χ0n) is 11.1. The number of aromatic nitrogens is 4. The minimum absolute atomic E-state index is 0.00457. The molecule has 7 heteroatoms. The average Bonchev–Trinajstić information content (AvgIpc) is 2.87. The van der Waals surface area contributed by atoms with Gasteiger partial charge in [-0.2, -0.15) is 0 Å². The van der Waals surface area contributed by atoms with Crippen LogP contribution in [-0.4, -0.2) is 31.2 Å². The van der Waals surface area contributed by atoms with Crippen LogP contribution in [0.2, 0.25) is 0 Å². The molecule has 0 unspecified atom stereocenters. The number of nitrogens with zero attached hydrogens (tertiary/aromatic N) is 4. The van der Waals surface area contributed by atoms with Crippen molar-refractivity contribution in [1.82, 2.24) is 20.2 Å². The number of aryl methyl sites for hydroxylation is 1. The number of carbonyl (C=O) groups is 1. The van der Waals surface area contributed by atoms with Crippen molar-refractivity contribution in [2.75, 3.05) is 0 Å². The fourth-order valence-electron chi connectivity index (χ4n) is 1.85. The van der Waals surface area contributed by atoms with E-state index in [1.54, 1.807) is 10.7 Å². The molecule has 0 amide bonds. The van der Waals surface area contributed by atoms with Gasteiger partial charge in [0.05, 0.1) is 11.4 Å². The van der Waals surface area contributed by atoms with Gasteiger partial charge in [0.1, 0.15) is 6.54 Å². The number of rotatable bonds is 5. The first kappa shape index (κ1) is 13.3. The highest BCUT2D eigenvalue weighted by Crippen LogP contribution is 2.14. The third kappa shape index (κ3) is 2.98. The highest BCUT2D eigenvalue weighted by atomic mass is 16.5. The predicted molar refractivity (Wildman–Crippen MR) is 65.9 cm³/mol. The van der Waals surface area contributed by atoms with Gasteiger partial charge < -0.3 is 9.63 Å². The van der Waals surface area contributed by atoms with Gasteiger partial charge in [-0.3, -0.25) is 0 Å². The van der Waals surface area contributed by atoms with Crippen molar-refractivity contribution >= 4 is 5.97 Å². The normalized spacial score (nSPS) is 11.2. The van der Waals surface area contributed by atoms with Gasteiger partial charge in [-0.1, -0.05) is 24.2 Å². The lowest BCUT2D eigenvalue weighted by Gasteiger charge is -2.07. The zero-order chi connectivity index (χ0) is 14.0. The third-order valence-corrected chi connectivity index (χ3v) is 2.62. The molecule has 2 rings (SSSR count). The van der Waals surface area contributed by atoms with Gasteiger partial charge in [0.15, 0.2) is 11.5 Å². The van der Waals surface area contributed by atoms with Crippen molar-refractivity contribution < 1.29 is 14.4 Å². The summed E-state index contributed by atoms with van der Waals surface area (Å²) in [5.74, 6) is -0.119. The minimum Gasteiger partial charge on any atom is -0.476 e. The molecule has 102 valence electrons. The van der Waals surface area contributed by atoms with Gasteiger partial charge >= 0.3 is 5.97 Å². The van der Waals surface area contributed by atoms with Crippen LogP contribution in [0.1, 0.15) is 41.5 Å². The van der Waals surface area contributed by atoms with E-state index >= 15 is 0 Å². The lowest BCUT2D eigenvalue weighted by molar-refractivity contribution is 0.0689. The highest BCUT2D eigenvalue weighted by molar-refractivity contribution is 5.86. The summed E-state index contributed by atoms with van der Waals surface area (Å²) in [5, 5.41) is 20.5. The number of hydrogen-bond acceptors (Lipinski definition) is 5. The van der Waals surface area contributed by atoms with E-state index in [1.807, 2.05) is 20.8 Å². The van der Waals surface area contributed by atoms with E-state index in [0.717, 1.165) is 5.69 Å². The zero-order valence-corrected chi connectivity index (χ0v) is 11.1. The second-order valence-electron chi connectivity index (χ2n) is 4.88. The first-order chi connectivity index (χ1) is 8.97. The molecule has 0 radical (unpaired) electrons. The molecule has 0 atom stereocenters. The summed E-state index contributed by atoms with van der Waals surface area (Å²) < 4.78 is 6.67. The molecule has 1 N–H and O–H groups in total. The first-order valence-corrected chi connectivity index (χ1v) is 6.05. The fraction of sp³-hybridized carbons (Fsp3) is 0.500. The lowest BCUT2D eigenvalue weighted by Crippen LogP contribution is -2.11. The average molecular weight is 264 g/mol. The standard InChI is InChI=1S/C12H16N4O3/c1-7(2)4-10-11(12(17)18)13-15-16(10)6-9-5-8(3)14-19-9/h5,7H,4,6H2,1-3H3,(H,17,18). The number of aromatic carboxylic acids is 1. The van der Waals surface area contributed by atoms with E-state index in [9.17, 15) is 4.79 Å². The second-order valence-corrected chi connectivity index (χ2v) is 4.88. The molecule has 0 spiro atoms. The Bertz CT molecular complexity index is 586. The lowest BCUT2D eigenvalue weighted by atomic mass is 10.1. The maximum Gasteiger partial charge on any atom is 0.358 e. The molecule has 0 aliphatic heterocycles. The number of carboxylic acids is 1. The van der Waals surface area contributed by atoms with Gasteiger partial charge in [-0.15, -0.1) is 5.10 Å². The summed E-state index contributed by atoms with van der Waals surface area (Å²) in [6, 6.07) is 1.79. The van der Waals surface area contributed by atoms with Gasteiger partial charge in [-0.05, 0) is 19.3 Å². The molecule has 2 heterocycles. The Balaban J connectivity index is 2.31. The quantitative estimate of drug-likeness (QED) is 0.879. The van der Waals surface area contributed by atoms with Gasteiger partial charge in [0.25, 0.3) is 0 Å². The Morgan fingerprint density at radius 2 is 2.26 bits per heavy atom. The molecule has 0 aliphatic carbocycles. The van der Waals surface area contributed by atoms with Gasteiger partial charge in [-0.25, -0.2) is 9.48 Å². The molecule has 19 heavy (non-hydrogen) atoms. The molecule has 2 aromatic heterocycles. The molecule has 2 aromatic rings. The van der Waals surface area contributed by atoms with E-state index in [2.05, 4.69) is 15.5 Å². The summed E-state index contributed by atoms with van der Waals surface area (Å²) in [6.07, 6.45) is 0.599. The molecule has 0 aliphatic rings. The van der Waals surface area contributed by atoms with Crippen LogP contribution in [0.3, 0.4) is 0 Å². The van der Waals surface area contributed by atoms with Crippen molar-refractivity contribution in [1.29, 1.82) is 0 Å². The van der Waals surface area contributed by atoms with Crippen LogP contribution in [0, 0.1) is 12.8 Å². The molecular weight excluding hydrogens is 248 g/mol. The van der Waals surface area contributed by atoms with Crippen LogP contribution in [0.4, 0.5) is 0 Å². The molecule has 7 nitrogen and oxygen atoms in total. The van der Waals surface area contributed by atoms with Crippen molar-refractivity contribution in [2.24, 2.45) is 5.92 Å². The molecule has 0 fully saturated rings. The highest BCUT2D eigenvalue weighted by Gasteiger charge is 2.20. The van der Waals surface area contributed by atoms with Crippen molar-refractivity contribution in [3.63, 3.8) is 0 Å². The van der Waals surface area contributed by atoms with Crippen molar-refractivity contribution in [3.05, 3.63) is 28.9 Å². The van der Waals surface area contributed by atoms with E-state index in [4.69, 9.17) is 9.63 Å². The second kappa shape index (κ2) is 5.21. The SMILES string of the molecule is Cc1cc(Cn2nnc(C(=O)O)c2CC(C)C)on1. The van der Waals surface area contributed by atoms with Crippen molar-refractivity contribution in [2.45, 2.75) is 33.7 Å². The Morgan fingerprint density at radius 3 is 2.79 bits per heavy atom. The molecule has 0 aromatic carbocycles. The smallest absolute Gasteiger partial charge is 0.358 e. The Morgan fingerprint density at radius 1 is 1.53 bits per heavy atom. The topological polar surface area (TPSA) is 94.0 Å². The summed E-state index contributed by atoms with van der Waals surface area (Å²) in [6.45, 7) is 6.19. The fourth-order valence-corrected chi connectivity index (χ4v) is 1.85. The predicted octanol–water partition coefficient (Wildman–Crippen LogP) is 1.52. The van der Waals surface area contributed by atoms with E-state index < -0.39 is 5.97 Å². The molecule has 0 bridgehead atoms. The summed E-state index contributed by atoms with van der Waals surface area (Å²) in [4.78, 5) is 11.1. The molecule has 0 saturated carbocycles. The van der Waals surface area contributed by atoms with E-state index in [-0.39, 0.29) is 5.69 Å². The Kier molecular flexibility index (Phi) is 3.64. The molecular formula is C12H16N4O3. The van der Waals surface area contributed by atoms with Crippen LogP contribution < -0.4 is 0 Å². The van der Waals surface area contributed by atoms with E-state index in [1.165, 1.54) is 0 Å². The minimum atomic E-state index is -1.06. The Labute approximate surface area is 110 Å². The van der Waals surface area contributed by atoms with Crippen LogP contribution in [-0.2, 0) is 13.0 Å². The largest absolute Gasteiger partial charge is 0.476 e. The summed E-state index contributed by atoms with van der Waals surface area (Å²) >= 11 is 0. The maximum absolute atomic E-state index is 11.1. The van der Waals surface area contributed by atoms with Crippen molar-refractivity contribution in [3.8, 4) is 0 Å². The number of carboxylic acid groups (broad SMARTS) is 1. The Hall–Kier alpha value is -2.18. The molecule has 0 saturated heterocycles. The van der Waals surface area contributed by atoms with Gasteiger partial charge in [0.2, 0.25) is 0 Å². The summed E-state index contributed by atoms with van der Waals surface area (Å²) in [5.41, 5.74) is 1.39. The van der Waals surface area contributed by atoms with Crippen LogP contribution in [0.25, 0.3) is 0 Å². The van der Waals surface area contributed by atoms with Gasteiger partial charge in [0, 0.05) is 6.07 Å². The number of hydrogen-bond donors (Lipinski definition) is 1. The van der Waals surface area contributed by atoms with Crippen LogP contribution in [0.15, 0.2) is 10.6 Å². The van der Waals surface area contributed by atoms with E-state index in [0.29, 0.717) is 30.3 Å². The maximum atomic E-state index is 11.1. The van der Waals surface area contributed by atoms with Crippen LogP contribution >= 0.6 is 0 Å². The third-order valence-electron chi connectivity index (χ3n) is 2.62. The monoisotopic (exact) mass is 264 g/mol. The van der Waals surface area contributed by atoms with Crippen LogP contribution in [0.5, 0.6) is 0 Å². The summed E-state index contributed by atoms with van der Waals surface area (Å²) in [7, 11) is 0. The first-order valence-electron chi connectivity index (χ1n) is 6.05.